The third kappa shape index (κ3) is 3.32. The van der Waals surface area contributed by atoms with Gasteiger partial charge >= 0.3 is 0 Å². The molecule has 1 saturated heterocycles. The summed E-state index contributed by atoms with van der Waals surface area (Å²) in [6.45, 7) is 1.70. The summed E-state index contributed by atoms with van der Waals surface area (Å²) in [6.07, 6.45) is 3.67. The summed E-state index contributed by atoms with van der Waals surface area (Å²) in [7, 11) is 1.62. The van der Waals surface area contributed by atoms with Gasteiger partial charge in [0.2, 0.25) is 5.91 Å². The van der Waals surface area contributed by atoms with Gasteiger partial charge in [-0.3, -0.25) is 9.59 Å². The number of pyridine rings is 1. The molecule has 0 aromatic carbocycles. The smallest absolute Gasteiger partial charge is 0.273 e. The normalized spacial score (nSPS) is 14.5. The zero-order valence-corrected chi connectivity index (χ0v) is 12.4. The fourth-order valence-electron chi connectivity index (χ4n) is 2.07. The standard InChI is InChI=1S/C13H16BrN3O2/c1-16(9-11(18)17-7-2-3-8-17)13(19)12-10(14)5-4-6-15-12/h4-6H,2-3,7-9H2,1H3. The van der Waals surface area contributed by atoms with Crippen molar-refractivity contribution in [1.82, 2.24) is 14.8 Å². The number of carbonyl (C=O) groups is 2. The van der Waals surface area contributed by atoms with Crippen LogP contribution in [0.15, 0.2) is 22.8 Å². The Morgan fingerprint density at radius 2 is 2.11 bits per heavy atom. The zero-order chi connectivity index (χ0) is 13.8. The minimum Gasteiger partial charge on any atom is -0.341 e. The summed E-state index contributed by atoms with van der Waals surface area (Å²) in [4.78, 5) is 31.4. The molecule has 1 aliphatic rings. The average molecular weight is 326 g/mol. The molecule has 0 bridgehead atoms. The lowest BCUT2D eigenvalue weighted by molar-refractivity contribution is -0.130. The number of aromatic nitrogens is 1. The second-order valence-corrected chi connectivity index (χ2v) is 5.44. The third-order valence-corrected chi connectivity index (χ3v) is 3.78. The first-order valence-electron chi connectivity index (χ1n) is 6.23. The highest BCUT2D eigenvalue weighted by Gasteiger charge is 2.23. The van der Waals surface area contributed by atoms with Gasteiger partial charge in [-0.05, 0) is 40.9 Å². The van der Waals surface area contributed by atoms with E-state index in [0.29, 0.717) is 10.2 Å². The van der Waals surface area contributed by atoms with Crippen LogP contribution in [0, 0.1) is 0 Å². The number of likely N-dealkylation sites (tertiary alicyclic amines) is 1. The quantitative estimate of drug-likeness (QED) is 0.847. The highest BCUT2D eigenvalue weighted by Crippen LogP contribution is 2.15. The summed E-state index contributed by atoms with van der Waals surface area (Å²) >= 11 is 3.29. The van der Waals surface area contributed by atoms with Crippen molar-refractivity contribution in [1.29, 1.82) is 0 Å². The van der Waals surface area contributed by atoms with E-state index < -0.39 is 0 Å². The average Bonchev–Trinajstić information content (AvgIpc) is 2.92. The fourth-order valence-corrected chi connectivity index (χ4v) is 2.49. The van der Waals surface area contributed by atoms with Gasteiger partial charge in [-0.2, -0.15) is 0 Å². The van der Waals surface area contributed by atoms with Gasteiger partial charge in [-0.25, -0.2) is 4.98 Å². The van der Waals surface area contributed by atoms with Gasteiger partial charge in [0.1, 0.15) is 5.69 Å². The van der Waals surface area contributed by atoms with Crippen molar-refractivity contribution in [2.45, 2.75) is 12.8 Å². The van der Waals surface area contributed by atoms with Crippen molar-refractivity contribution in [2.75, 3.05) is 26.7 Å². The molecule has 0 radical (unpaired) electrons. The molecule has 19 heavy (non-hydrogen) atoms. The summed E-state index contributed by atoms with van der Waals surface area (Å²) < 4.78 is 0.639. The van der Waals surface area contributed by atoms with Crippen LogP contribution in [0.5, 0.6) is 0 Å². The van der Waals surface area contributed by atoms with Crippen LogP contribution in [-0.2, 0) is 4.79 Å². The van der Waals surface area contributed by atoms with E-state index in [9.17, 15) is 9.59 Å². The van der Waals surface area contributed by atoms with Gasteiger partial charge in [-0.1, -0.05) is 0 Å². The molecule has 1 aromatic rings. The number of carbonyl (C=O) groups excluding carboxylic acids is 2. The Labute approximate surface area is 120 Å². The maximum absolute atomic E-state index is 12.2. The summed E-state index contributed by atoms with van der Waals surface area (Å²) in [5, 5.41) is 0. The molecule has 2 heterocycles. The van der Waals surface area contributed by atoms with E-state index in [0.717, 1.165) is 25.9 Å². The van der Waals surface area contributed by atoms with Crippen LogP contribution in [0.25, 0.3) is 0 Å². The zero-order valence-electron chi connectivity index (χ0n) is 10.8. The highest BCUT2D eigenvalue weighted by atomic mass is 79.9. The number of halogens is 1. The molecule has 1 fully saturated rings. The topological polar surface area (TPSA) is 53.5 Å². The van der Waals surface area contributed by atoms with E-state index in [-0.39, 0.29) is 18.4 Å². The van der Waals surface area contributed by atoms with Crippen LogP contribution in [0.1, 0.15) is 23.3 Å². The number of nitrogens with zero attached hydrogens (tertiary/aromatic N) is 3. The Morgan fingerprint density at radius 3 is 2.74 bits per heavy atom. The Kier molecular flexibility index (Phi) is 4.52. The van der Waals surface area contributed by atoms with Gasteiger partial charge in [-0.15, -0.1) is 0 Å². The van der Waals surface area contributed by atoms with E-state index in [2.05, 4.69) is 20.9 Å². The Hall–Kier alpha value is -1.43. The number of rotatable bonds is 3. The van der Waals surface area contributed by atoms with Crippen molar-refractivity contribution in [3.63, 3.8) is 0 Å². The second-order valence-electron chi connectivity index (χ2n) is 4.58. The minimum atomic E-state index is -0.250. The molecule has 5 nitrogen and oxygen atoms in total. The molecule has 0 N–H and O–H groups in total. The largest absolute Gasteiger partial charge is 0.341 e. The van der Waals surface area contributed by atoms with Crippen LogP contribution in [-0.4, -0.2) is 53.3 Å². The van der Waals surface area contributed by atoms with Crippen molar-refractivity contribution < 1.29 is 9.59 Å². The molecule has 1 aliphatic heterocycles. The lowest BCUT2D eigenvalue weighted by Gasteiger charge is -2.21. The summed E-state index contributed by atoms with van der Waals surface area (Å²) in [6, 6.07) is 3.51. The fraction of sp³-hybridized carbons (Fsp3) is 0.462. The summed E-state index contributed by atoms with van der Waals surface area (Å²) in [5.41, 5.74) is 0.333. The van der Waals surface area contributed by atoms with Gasteiger partial charge in [0.25, 0.3) is 5.91 Å². The molecule has 6 heteroatoms. The van der Waals surface area contributed by atoms with Crippen LogP contribution >= 0.6 is 15.9 Å². The Morgan fingerprint density at radius 1 is 1.42 bits per heavy atom. The molecule has 2 amide bonds. The first kappa shape index (κ1) is 14.0. The molecule has 0 aliphatic carbocycles. The van der Waals surface area contributed by atoms with Crippen molar-refractivity contribution in [3.05, 3.63) is 28.5 Å². The maximum atomic E-state index is 12.2. The van der Waals surface area contributed by atoms with E-state index >= 15 is 0 Å². The highest BCUT2D eigenvalue weighted by molar-refractivity contribution is 9.10. The molecular weight excluding hydrogens is 310 g/mol. The Balaban J connectivity index is 1.99. The molecule has 2 rings (SSSR count). The molecule has 0 saturated carbocycles. The molecule has 0 atom stereocenters. The SMILES string of the molecule is CN(CC(=O)N1CCCC1)C(=O)c1ncccc1Br. The van der Waals surface area contributed by atoms with Crippen molar-refractivity contribution in [2.24, 2.45) is 0 Å². The van der Waals surface area contributed by atoms with Crippen LogP contribution in [0.2, 0.25) is 0 Å². The monoisotopic (exact) mass is 325 g/mol. The van der Waals surface area contributed by atoms with Crippen molar-refractivity contribution >= 4 is 27.7 Å². The lowest BCUT2D eigenvalue weighted by atomic mass is 10.3. The maximum Gasteiger partial charge on any atom is 0.273 e. The Bertz CT molecular complexity index is 487. The van der Waals surface area contributed by atoms with E-state index in [1.807, 2.05) is 0 Å². The van der Waals surface area contributed by atoms with E-state index in [1.54, 1.807) is 30.3 Å². The van der Waals surface area contributed by atoms with Gasteiger partial charge < -0.3 is 9.80 Å². The number of hydrogen-bond acceptors (Lipinski definition) is 3. The van der Waals surface area contributed by atoms with Crippen LogP contribution in [0.4, 0.5) is 0 Å². The lowest BCUT2D eigenvalue weighted by Crippen LogP contribution is -2.40. The van der Waals surface area contributed by atoms with E-state index in [4.69, 9.17) is 0 Å². The van der Waals surface area contributed by atoms with Crippen molar-refractivity contribution in [3.8, 4) is 0 Å². The number of hydrogen-bond donors (Lipinski definition) is 0. The second kappa shape index (κ2) is 6.14. The van der Waals surface area contributed by atoms with Crippen LogP contribution < -0.4 is 0 Å². The van der Waals surface area contributed by atoms with Crippen LogP contribution in [0.3, 0.4) is 0 Å². The molecule has 1 aromatic heterocycles. The minimum absolute atomic E-state index is 0.000374. The van der Waals surface area contributed by atoms with E-state index in [1.165, 1.54) is 4.90 Å². The number of likely N-dealkylation sites (N-methyl/N-ethyl adjacent to an activating group) is 1. The molecule has 0 spiro atoms. The molecular formula is C13H16BrN3O2. The first-order valence-corrected chi connectivity index (χ1v) is 7.02. The van der Waals surface area contributed by atoms with Gasteiger partial charge in [0, 0.05) is 30.8 Å². The molecule has 0 unspecified atom stereocenters. The van der Waals surface area contributed by atoms with Gasteiger partial charge in [0.05, 0.1) is 6.54 Å². The predicted octanol–water partition coefficient (Wildman–Crippen LogP) is 1.54. The third-order valence-electron chi connectivity index (χ3n) is 3.14. The number of amides is 2. The summed E-state index contributed by atoms with van der Waals surface area (Å²) in [5.74, 6) is -0.250. The molecule has 102 valence electrons. The predicted molar refractivity (Wildman–Crippen MR) is 74.7 cm³/mol. The first-order chi connectivity index (χ1) is 9.09. The van der Waals surface area contributed by atoms with Gasteiger partial charge in [0.15, 0.2) is 0 Å².